The van der Waals surface area contributed by atoms with Gasteiger partial charge in [0.15, 0.2) is 0 Å². The summed E-state index contributed by atoms with van der Waals surface area (Å²) < 4.78 is 5.05. The Hall–Kier alpha value is -0.0400. The van der Waals surface area contributed by atoms with Gasteiger partial charge in [-0.2, -0.15) is 0 Å². The molecule has 1 saturated heterocycles. The van der Waals surface area contributed by atoms with Gasteiger partial charge in [0.2, 0.25) is 0 Å². The largest absolute Gasteiger partial charge is 0.370 e. The van der Waals surface area contributed by atoms with Crippen LogP contribution in [-0.4, -0.2) is 12.2 Å². The van der Waals surface area contributed by atoms with Crippen LogP contribution in [-0.2, 0) is 4.74 Å². The minimum Gasteiger partial charge on any atom is -0.370 e. The molecule has 1 fully saturated rings. The van der Waals surface area contributed by atoms with Gasteiger partial charge in [0, 0.05) is 0 Å². The number of ether oxygens (including phenoxy) is 1. The van der Waals surface area contributed by atoms with E-state index in [2.05, 4.69) is 13.8 Å². The summed E-state index contributed by atoms with van der Waals surface area (Å²) in [4.78, 5) is 0. The van der Waals surface area contributed by atoms with E-state index in [0.717, 1.165) is 13.0 Å². The fourth-order valence-corrected chi connectivity index (χ4v) is 0.327. The lowest BCUT2D eigenvalue weighted by molar-refractivity contribution is 0.317. The Morgan fingerprint density at radius 2 is 2.33 bits per heavy atom. The molecule has 0 aromatic heterocycles. The Morgan fingerprint density at radius 1 is 1.83 bits per heavy atom. The van der Waals surface area contributed by atoms with Gasteiger partial charge in [0.05, 0.1) is 12.2 Å². The van der Waals surface area contributed by atoms with Crippen molar-refractivity contribution < 1.29 is 4.74 Å². The fraction of sp³-hybridized carbons (Fsp3) is 1.00. The first-order chi connectivity index (χ1) is 2.77. The first-order valence-electron chi connectivity index (χ1n) is 2.41. The monoisotopic (exact) mass is 86.1 g/mol. The van der Waals surface area contributed by atoms with Crippen molar-refractivity contribution in [1.82, 2.24) is 0 Å². The third-order valence-corrected chi connectivity index (χ3v) is 1.39. The minimum atomic E-state index is 0.292. The highest BCUT2D eigenvalue weighted by atomic mass is 16.6. The summed E-state index contributed by atoms with van der Waals surface area (Å²) in [5.41, 5.74) is 0.292. The van der Waals surface area contributed by atoms with Gasteiger partial charge in [-0.1, -0.05) is 6.92 Å². The van der Waals surface area contributed by atoms with E-state index >= 15 is 0 Å². The van der Waals surface area contributed by atoms with Crippen LogP contribution in [0, 0.1) is 0 Å². The molecule has 0 bridgehead atoms. The predicted molar refractivity (Wildman–Crippen MR) is 24.6 cm³/mol. The molecule has 0 aromatic carbocycles. The summed E-state index contributed by atoms with van der Waals surface area (Å²) in [6.45, 7) is 5.25. The van der Waals surface area contributed by atoms with Crippen LogP contribution in [0.2, 0.25) is 0 Å². The van der Waals surface area contributed by atoms with Crippen LogP contribution < -0.4 is 0 Å². The summed E-state index contributed by atoms with van der Waals surface area (Å²) in [6.07, 6.45) is 1.16. The molecule has 0 saturated carbocycles. The van der Waals surface area contributed by atoms with Gasteiger partial charge in [0.25, 0.3) is 0 Å². The molecule has 0 aliphatic carbocycles. The first-order valence-corrected chi connectivity index (χ1v) is 2.41. The van der Waals surface area contributed by atoms with Crippen LogP contribution in [0.3, 0.4) is 0 Å². The molecule has 0 spiro atoms. The van der Waals surface area contributed by atoms with E-state index in [1.54, 1.807) is 0 Å². The van der Waals surface area contributed by atoms with Crippen LogP contribution in [0.4, 0.5) is 0 Å². The van der Waals surface area contributed by atoms with Gasteiger partial charge in [-0.15, -0.1) is 0 Å². The Morgan fingerprint density at radius 3 is 2.33 bits per heavy atom. The molecule has 1 nitrogen and oxygen atoms in total. The van der Waals surface area contributed by atoms with Crippen molar-refractivity contribution in [2.24, 2.45) is 0 Å². The van der Waals surface area contributed by atoms with Gasteiger partial charge >= 0.3 is 0 Å². The predicted octanol–water partition coefficient (Wildman–Crippen LogP) is 1.19. The second kappa shape index (κ2) is 0.969. The normalized spacial score (nSPS) is 43.0. The summed E-state index contributed by atoms with van der Waals surface area (Å²) in [6, 6.07) is 0. The zero-order chi connectivity index (χ0) is 4.62. The molecule has 1 aliphatic heterocycles. The van der Waals surface area contributed by atoms with Crippen molar-refractivity contribution in [3.8, 4) is 0 Å². The minimum absolute atomic E-state index is 0.292. The van der Waals surface area contributed by atoms with E-state index < -0.39 is 0 Å². The third-order valence-electron chi connectivity index (χ3n) is 1.39. The second-order valence-electron chi connectivity index (χ2n) is 2.09. The lowest BCUT2D eigenvalue weighted by Gasteiger charge is -1.92. The second-order valence-corrected chi connectivity index (χ2v) is 2.09. The Kier molecular flexibility index (Phi) is 0.667. The molecule has 1 aliphatic rings. The van der Waals surface area contributed by atoms with Crippen molar-refractivity contribution in [3.05, 3.63) is 0 Å². The molecule has 1 rings (SSSR count). The topological polar surface area (TPSA) is 12.5 Å². The smallest absolute Gasteiger partial charge is 0.0886 e. The van der Waals surface area contributed by atoms with Crippen LogP contribution in [0.25, 0.3) is 0 Å². The molecule has 6 heavy (non-hydrogen) atoms. The van der Waals surface area contributed by atoms with Crippen molar-refractivity contribution in [2.45, 2.75) is 25.9 Å². The molecular weight excluding hydrogens is 76.1 g/mol. The zero-order valence-electron chi connectivity index (χ0n) is 4.32. The lowest BCUT2D eigenvalue weighted by atomic mass is 10.1. The average molecular weight is 86.1 g/mol. The zero-order valence-corrected chi connectivity index (χ0v) is 4.32. The van der Waals surface area contributed by atoms with Crippen LogP contribution >= 0.6 is 0 Å². The van der Waals surface area contributed by atoms with Gasteiger partial charge in [-0.05, 0) is 13.3 Å². The quantitative estimate of drug-likeness (QED) is 0.436. The number of hydrogen-bond donors (Lipinski definition) is 0. The van der Waals surface area contributed by atoms with E-state index in [9.17, 15) is 0 Å². The first kappa shape index (κ1) is 4.13. The molecule has 0 radical (unpaired) electrons. The molecule has 0 N–H and O–H groups in total. The van der Waals surface area contributed by atoms with Crippen molar-refractivity contribution in [3.63, 3.8) is 0 Å². The van der Waals surface area contributed by atoms with Gasteiger partial charge in [-0.3, -0.25) is 0 Å². The molecule has 1 heteroatoms. The van der Waals surface area contributed by atoms with Crippen molar-refractivity contribution in [1.29, 1.82) is 0 Å². The number of hydrogen-bond acceptors (Lipinski definition) is 1. The SMILES string of the molecule is CC[C@@]1(C)CO1. The highest BCUT2D eigenvalue weighted by molar-refractivity contribution is 4.84. The van der Waals surface area contributed by atoms with Gasteiger partial charge in [0.1, 0.15) is 0 Å². The summed E-state index contributed by atoms with van der Waals surface area (Å²) in [5.74, 6) is 0. The lowest BCUT2D eigenvalue weighted by Crippen LogP contribution is -1.98. The Balaban J connectivity index is 2.28. The highest BCUT2D eigenvalue weighted by Crippen LogP contribution is 2.28. The molecule has 1 heterocycles. The van der Waals surface area contributed by atoms with E-state index in [-0.39, 0.29) is 0 Å². The highest BCUT2D eigenvalue weighted by Gasteiger charge is 2.36. The van der Waals surface area contributed by atoms with E-state index in [0.29, 0.717) is 5.60 Å². The number of epoxide rings is 1. The maximum Gasteiger partial charge on any atom is 0.0886 e. The Labute approximate surface area is 38.3 Å². The maximum atomic E-state index is 5.05. The van der Waals surface area contributed by atoms with E-state index in [1.165, 1.54) is 0 Å². The van der Waals surface area contributed by atoms with Crippen LogP contribution in [0.1, 0.15) is 20.3 Å². The molecular formula is C5H10O. The van der Waals surface area contributed by atoms with Gasteiger partial charge in [-0.25, -0.2) is 0 Å². The van der Waals surface area contributed by atoms with E-state index in [4.69, 9.17) is 4.74 Å². The molecule has 0 aromatic rings. The third kappa shape index (κ3) is 0.548. The average Bonchev–Trinajstić information content (AvgIpc) is 2.22. The van der Waals surface area contributed by atoms with Crippen molar-refractivity contribution >= 4 is 0 Å². The number of rotatable bonds is 1. The fourth-order valence-electron chi connectivity index (χ4n) is 0.327. The van der Waals surface area contributed by atoms with E-state index in [1.807, 2.05) is 0 Å². The molecule has 36 valence electrons. The van der Waals surface area contributed by atoms with Gasteiger partial charge < -0.3 is 4.74 Å². The van der Waals surface area contributed by atoms with Crippen molar-refractivity contribution in [2.75, 3.05) is 6.61 Å². The summed E-state index contributed by atoms with van der Waals surface area (Å²) in [5, 5.41) is 0. The summed E-state index contributed by atoms with van der Waals surface area (Å²) >= 11 is 0. The Bertz CT molecular complexity index is 55.0. The molecule has 0 unspecified atom stereocenters. The van der Waals surface area contributed by atoms with Crippen LogP contribution in [0.15, 0.2) is 0 Å². The molecule has 0 amide bonds. The summed E-state index contributed by atoms with van der Waals surface area (Å²) in [7, 11) is 0. The maximum absolute atomic E-state index is 5.05. The molecule has 1 atom stereocenters. The standard InChI is InChI=1S/C5H10O/c1-3-5(2)4-6-5/h3-4H2,1-2H3/t5-/m0/s1. The van der Waals surface area contributed by atoms with Crippen LogP contribution in [0.5, 0.6) is 0 Å².